The van der Waals surface area contributed by atoms with Crippen LogP contribution in [0, 0.1) is 6.92 Å². The van der Waals surface area contributed by atoms with Gasteiger partial charge in [0.25, 0.3) is 5.91 Å². The predicted molar refractivity (Wildman–Crippen MR) is 66.4 cm³/mol. The summed E-state index contributed by atoms with van der Waals surface area (Å²) in [6, 6.07) is 5.03. The van der Waals surface area contributed by atoms with Crippen LogP contribution in [0.1, 0.15) is 15.9 Å². The molecule has 0 aliphatic rings. The Morgan fingerprint density at radius 1 is 1.59 bits per heavy atom. The molecule has 1 rings (SSSR count). The van der Waals surface area contributed by atoms with E-state index in [4.69, 9.17) is 16.3 Å². The van der Waals surface area contributed by atoms with Gasteiger partial charge in [-0.05, 0) is 30.7 Å². The van der Waals surface area contributed by atoms with Crippen molar-refractivity contribution in [3.63, 3.8) is 0 Å². The molecule has 1 unspecified atom stereocenters. The Bertz CT molecular complexity index is 395. The number of methoxy groups -OCH3 is 1. The van der Waals surface area contributed by atoms with Crippen molar-refractivity contribution < 1.29 is 14.6 Å². The zero-order valence-electron chi connectivity index (χ0n) is 9.87. The monoisotopic (exact) mass is 257 g/mol. The molecular formula is C12H16ClNO3. The minimum atomic E-state index is -0.697. The number of hydrogen-bond donors (Lipinski definition) is 2. The number of carbonyl (C=O) groups is 1. The van der Waals surface area contributed by atoms with Crippen LogP contribution in [0.5, 0.6) is 0 Å². The van der Waals surface area contributed by atoms with Gasteiger partial charge in [-0.2, -0.15) is 0 Å². The van der Waals surface area contributed by atoms with Crippen LogP contribution in [0.2, 0.25) is 5.02 Å². The Labute approximate surface area is 106 Å². The van der Waals surface area contributed by atoms with Gasteiger partial charge < -0.3 is 15.2 Å². The Hall–Kier alpha value is -1.10. The molecule has 0 aliphatic carbocycles. The molecule has 1 atom stereocenters. The van der Waals surface area contributed by atoms with Crippen molar-refractivity contribution >= 4 is 17.5 Å². The average Bonchev–Trinajstić information content (AvgIpc) is 2.30. The third kappa shape index (κ3) is 4.34. The van der Waals surface area contributed by atoms with Crippen LogP contribution in [0.4, 0.5) is 0 Å². The molecule has 1 aromatic rings. The van der Waals surface area contributed by atoms with Crippen LogP contribution in [0.25, 0.3) is 0 Å². The molecule has 4 nitrogen and oxygen atoms in total. The van der Waals surface area contributed by atoms with Crippen LogP contribution >= 0.6 is 11.6 Å². The van der Waals surface area contributed by atoms with Gasteiger partial charge in [-0.25, -0.2) is 0 Å². The quantitative estimate of drug-likeness (QED) is 0.838. The van der Waals surface area contributed by atoms with E-state index in [9.17, 15) is 9.90 Å². The van der Waals surface area contributed by atoms with Crippen LogP contribution in [-0.4, -0.2) is 37.4 Å². The second-order valence-electron chi connectivity index (χ2n) is 3.78. The number of hydrogen-bond acceptors (Lipinski definition) is 3. The molecule has 1 aromatic carbocycles. The molecule has 0 aliphatic heterocycles. The fraction of sp³-hybridized carbons (Fsp3) is 0.417. The van der Waals surface area contributed by atoms with Gasteiger partial charge in [0.15, 0.2) is 0 Å². The number of halogens is 1. The molecule has 5 heteroatoms. The number of rotatable bonds is 5. The van der Waals surface area contributed by atoms with E-state index in [0.717, 1.165) is 5.56 Å². The molecule has 0 saturated heterocycles. The van der Waals surface area contributed by atoms with Gasteiger partial charge in [0.1, 0.15) is 0 Å². The molecule has 0 radical (unpaired) electrons. The highest BCUT2D eigenvalue weighted by Gasteiger charge is 2.09. The van der Waals surface area contributed by atoms with Gasteiger partial charge in [0.05, 0.1) is 12.7 Å². The van der Waals surface area contributed by atoms with Crippen molar-refractivity contribution in [2.75, 3.05) is 20.3 Å². The first-order valence-corrected chi connectivity index (χ1v) is 5.63. The van der Waals surface area contributed by atoms with Crippen LogP contribution in [0.3, 0.4) is 0 Å². The van der Waals surface area contributed by atoms with Gasteiger partial charge in [-0.15, -0.1) is 0 Å². The van der Waals surface area contributed by atoms with Crippen molar-refractivity contribution in [3.8, 4) is 0 Å². The molecule has 1 amide bonds. The summed E-state index contributed by atoms with van der Waals surface area (Å²) in [4.78, 5) is 11.7. The molecule has 0 spiro atoms. The Morgan fingerprint density at radius 2 is 2.29 bits per heavy atom. The maximum Gasteiger partial charge on any atom is 0.251 e. The van der Waals surface area contributed by atoms with Crippen LogP contribution in [0.15, 0.2) is 18.2 Å². The maximum absolute atomic E-state index is 11.7. The minimum absolute atomic E-state index is 0.161. The second kappa shape index (κ2) is 6.59. The van der Waals surface area contributed by atoms with Crippen molar-refractivity contribution in [2.45, 2.75) is 13.0 Å². The number of aliphatic hydroxyl groups excluding tert-OH is 1. The highest BCUT2D eigenvalue weighted by molar-refractivity contribution is 6.31. The first kappa shape index (κ1) is 14.0. The highest BCUT2D eigenvalue weighted by Crippen LogP contribution is 2.16. The van der Waals surface area contributed by atoms with E-state index in [1.54, 1.807) is 18.2 Å². The lowest BCUT2D eigenvalue weighted by Crippen LogP contribution is -2.34. The van der Waals surface area contributed by atoms with Gasteiger partial charge in [0.2, 0.25) is 0 Å². The van der Waals surface area contributed by atoms with Crippen molar-refractivity contribution in [1.82, 2.24) is 5.32 Å². The summed E-state index contributed by atoms with van der Waals surface area (Å²) >= 11 is 5.87. The largest absolute Gasteiger partial charge is 0.389 e. The number of ether oxygens (including phenoxy) is 1. The topological polar surface area (TPSA) is 58.6 Å². The molecule has 94 valence electrons. The van der Waals surface area contributed by atoms with Gasteiger partial charge >= 0.3 is 0 Å². The minimum Gasteiger partial charge on any atom is -0.389 e. The Kier molecular flexibility index (Phi) is 5.41. The van der Waals surface area contributed by atoms with Crippen LogP contribution < -0.4 is 5.32 Å². The molecule has 0 fully saturated rings. The molecule has 0 aromatic heterocycles. The van der Waals surface area contributed by atoms with E-state index in [-0.39, 0.29) is 19.1 Å². The summed E-state index contributed by atoms with van der Waals surface area (Å²) in [6.07, 6.45) is -0.697. The number of amides is 1. The SMILES string of the molecule is COCC(O)CNC(=O)c1ccc(Cl)c(C)c1. The Balaban J connectivity index is 2.55. The van der Waals surface area contributed by atoms with Crippen molar-refractivity contribution in [2.24, 2.45) is 0 Å². The maximum atomic E-state index is 11.7. The lowest BCUT2D eigenvalue weighted by Gasteiger charge is -2.11. The number of carbonyl (C=O) groups excluding carboxylic acids is 1. The summed E-state index contributed by atoms with van der Waals surface area (Å²) in [5.41, 5.74) is 1.37. The number of aryl methyl sites for hydroxylation is 1. The summed E-state index contributed by atoms with van der Waals surface area (Å²) in [7, 11) is 1.49. The van der Waals surface area contributed by atoms with E-state index in [2.05, 4.69) is 5.32 Å². The second-order valence-corrected chi connectivity index (χ2v) is 4.19. The zero-order chi connectivity index (χ0) is 12.8. The summed E-state index contributed by atoms with van der Waals surface area (Å²) < 4.78 is 4.76. The zero-order valence-corrected chi connectivity index (χ0v) is 10.6. The summed E-state index contributed by atoms with van der Waals surface area (Å²) in [5.74, 6) is -0.236. The third-order valence-electron chi connectivity index (χ3n) is 2.28. The van der Waals surface area contributed by atoms with E-state index in [0.29, 0.717) is 10.6 Å². The fourth-order valence-electron chi connectivity index (χ4n) is 1.35. The average molecular weight is 258 g/mol. The normalized spacial score (nSPS) is 12.2. The van der Waals surface area contributed by atoms with Gasteiger partial charge in [-0.3, -0.25) is 4.79 Å². The van der Waals surface area contributed by atoms with Crippen molar-refractivity contribution in [1.29, 1.82) is 0 Å². The third-order valence-corrected chi connectivity index (χ3v) is 2.70. The first-order valence-electron chi connectivity index (χ1n) is 5.26. The number of aliphatic hydroxyl groups is 1. The summed E-state index contributed by atoms with van der Waals surface area (Å²) in [5, 5.41) is 12.6. The summed E-state index contributed by atoms with van der Waals surface area (Å²) in [6.45, 7) is 2.19. The molecule has 0 saturated carbocycles. The van der Waals surface area contributed by atoms with E-state index in [1.165, 1.54) is 7.11 Å². The lowest BCUT2D eigenvalue weighted by molar-refractivity contribution is 0.0610. The van der Waals surface area contributed by atoms with E-state index in [1.807, 2.05) is 6.92 Å². The standard InChI is InChI=1S/C12H16ClNO3/c1-8-5-9(3-4-11(8)13)12(16)14-6-10(15)7-17-2/h3-5,10,15H,6-7H2,1-2H3,(H,14,16). The molecule has 0 heterocycles. The number of benzene rings is 1. The van der Waals surface area contributed by atoms with Crippen LogP contribution in [-0.2, 0) is 4.74 Å². The predicted octanol–water partition coefficient (Wildman–Crippen LogP) is 1.39. The van der Waals surface area contributed by atoms with Gasteiger partial charge in [0, 0.05) is 24.2 Å². The highest BCUT2D eigenvalue weighted by atomic mass is 35.5. The van der Waals surface area contributed by atoms with E-state index < -0.39 is 6.10 Å². The molecule has 0 bridgehead atoms. The molecular weight excluding hydrogens is 242 g/mol. The van der Waals surface area contributed by atoms with Crippen molar-refractivity contribution in [3.05, 3.63) is 34.3 Å². The fourth-order valence-corrected chi connectivity index (χ4v) is 1.47. The first-order chi connectivity index (χ1) is 8.04. The number of nitrogens with one attached hydrogen (secondary N) is 1. The smallest absolute Gasteiger partial charge is 0.251 e. The molecule has 2 N–H and O–H groups in total. The van der Waals surface area contributed by atoms with Gasteiger partial charge in [-0.1, -0.05) is 11.6 Å². The lowest BCUT2D eigenvalue weighted by atomic mass is 10.1. The Morgan fingerprint density at radius 3 is 2.88 bits per heavy atom. The van der Waals surface area contributed by atoms with E-state index >= 15 is 0 Å². The molecule has 17 heavy (non-hydrogen) atoms.